The number of halogens is 1. The van der Waals surface area contributed by atoms with Gasteiger partial charge in [0.1, 0.15) is 0 Å². The van der Waals surface area contributed by atoms with Crippen LogP contribution in [0.5, 0.6) is 11.5 Å². The minimum Gasteiger partial charge on any atom is -0.493 e. The minimum atomic E-state index is 0.728. The van der Waals surface area contributed by atoms with Crippen LogP contribution in [0.3, 0.4) is 0 Å². The number of rotatable bonds is 9. The first kappa shape index (κ1) is 16.3. The van der Waals surface area contributed by atoms with Crippen molar-refractivity contribution in [2.75, 3.05) is 34.5 Å². The summed E-state index contributed by atoms with van der Waals surface area (Å²) in [6, 6.07) is 4.04. The molecule has 0 atom stereocenters. The van der Waals surface area contributed by atoms with E-state index in [-0.39, 0.29) is 0 Å². The highest BCUT2D eigenvalue weighted by Gasteiger charge is 2.10. The van der Waals surface area contributed by atoms with Gasteiger partial charge in [0.2, 0.25) is 0 Å². The molecule has 1 aromatic rings. The average molecular weight is 332 g/mol. The Morgan fingerprint density at radius 3 is 2.53 bits per heavy atom. The normalized spacial score (nSPS) is 10.5. The molecule has 108 valence electrons. The highest BCUT2D eigenvalue weighted by atomic mass is 79.9. The SMILES string of the molecule is COCCCCNCc1cc(Br)c(OC)c(OC)c1. The summed E-state index contributed by atoms with van der Waals surface area (Å²) < 4.78 is 16.5. The van der Waals surface area contributed by atoms with Gasteiger partial charge in [0.25, 0.3) is 0 Å². The maximum atomic E-state index is 5.32. The quantitative estimate of drug-likeness (QED) is 0.706. The Labute approximate surface area is 123 Å². The molecule has 0 aliphatic carbocycles. The molecule has 0 fully saturated rings. The second-order valence-corrected chi connectivity index (χ2v) is 5.04. The number of nitrogens with one attached hydrogen (secondary N) is 1. The van der Waals surface area contributed by atoms with Gasteiger partial charge in [-0.1, -0.05) is 0 Å². The number of unbranched alkanes of at least 4 members (excludes halogenated alkanes) is 1. The van der Waals surface area contributed by atoms with Gasteiger partial charge in [-0.3, -0.25) is 0 Å². The summed E-state index contributed by atoms with van der Waals surface area (Å²) in [5.41, 5.74) is 1.16. The second-order valence-electron chi connectivity index (χ2n) is 4.19. The first-order chi connectivity index (χ1) is 9.22. The number of benzene rings is 1. The fourth-order valence-electron chi connectivity index (χ4n) is 1.80. The van der Waals surface area contributed by atoms with Gasteiger partial charge >= 0.3 is 0 Å². The summed E-state index contributed by atoms with van der Waals surface area (Å²) in [6.45, 7) is 2.62. The standard InChI is InChI=1S/C14H22BrNO3/c1-17-7-5-4-6-16-10-11-8-12(15)14(19-3)13(9-11)18-2/h8-9,16H,4-7,10H2,1-3H3. The van der Waals surface area contributed by atoms with Crippen LogP contribution < -0.4 is 14.8 Å². The summed E-state index contributed by atoms with van der Waals surface area (Å²) >= 11 is 3.49. The molecule has 19 heavy (non-hydrogen) atoms. The van der Waals surface area contributed by atoms with Crippen molar-refractivity contribution in [1.82, 2.24) is 5.32 Å². The Hall–Kier alpha value is -0.780. The monoisotopic (exact) mass is 331 g/mol. The zero-order valence-corrected chi connectivity index (χ0v) is 13.4. The summed E-state index contributed by atoms with van der Waals surface area (Å²) in [5.74, 6) is 1.47. The molecule has 0 heterocycles. The first-order valence-corrected chi connectivity index (χ1v) is 7.12. The molecule has 5 heteroatoms. The molecular formula is C14H22BrNO3. The Bertz CT molecular complexity index is 385. The van der Waals surface area contributed by atoms with E-state index in [9.17, 15) is 0 Å². The van der Waals surface area contributed by atoms with E-state index in [1.165, 1.54) is 0 Å². The Balaban J connectivity index is 2.48. The molecule has 1 rings (SSSR count). The summed E-state index contributed by atoms with van der Waals surface area (Å²) in [5, 5.41) is 3.40. The second kappa shape index (κ2) is 9.18. The van der Waals surface area contributed by atoms with Crippen molar-refractivity contribution in [2.45, 2.75) is 19.4 Å². The zero-order valence-electron chi connectivity index (χ0n) is 11.8. The lowest BCUT2D eigenvalue weighted by molar-refractivity contribution is 0.192. The lowest BCUT2D eigenvalue weighted by Crippen LogP contribution is -2.15. The van der Waals surface area contributed by atoms with E-state index < -0.39 is 0 Å². The Morgan fingerprint density at radius 1 is 1.11 bits per heavy atom. The topological polar surface area (TPSA) is 39.7 Å². The molecule has 0 aliphatic rings. The molecule has 0 aliphatic heterocycles. The van der Waals surface area contributed by atoms with Crippen molar-refractivity contribution < 1.29 is 14.2 Å². The van der Waals surface area contributed by atoms with E-state index in [1.54, 1.807) is 21.3 Å². The molecule has 0 spiro atoms. The Kier molecular flexibility index (Phi) is 7.86. The first-order valence-electron chi connectivity index (χ1n) is 6.33. The third-order valence-electron chi connectivity index (χ3n) is 2.77. The molecule has 0 saturated carbocycles. The van der Waals surface area contributed by atoms with Crippen LogP contribution in [-0.4, -0.2) is 34.5 Å². The predicted molar refractivity (Wildman–Crippen MR) is 80.1 cm³/mol. The third kappa shape index (κ3) is 5.38. The summed E-state index contributed by atoms with van der Waals surface area (Å²) in [4.78, 5) is 0. The van der Waals surface area contributed by atoms with Gasteiger partial charge in [0, 0.05) is 20.3 Å². The number of ether oxygens (including phenoxy) is 3. The van der Waals surface area contributed by atoms with Crippen LogP contribution in [0.25, 0.3) is 0 Å². The van der Waals surface area contributed by atoms with Gasteiger partial charge in [-0.15, -0.1) is 0 Å². The van der Waals surface area contributed by atoms with E-state index in [4.69, 9.17) is 14.2 Å². The van der Waals surface area contributed by atoms with Crippen molar-refractivity contribution >= 4 is 15.9 Å². The zero-order chi connectivity index (χ0) is 14.1. The molecule has 1 aromatic carbocycles. The lowest BCUT2D eigenvalue weighted by Gasteiger charge is -2.12. The molecular weight excluding hydrogens is 310 g/mol. The average Bonchev–Trinajstić information content (AvgIpc) is 2.42. The number of hydrogen-bond acceptors (Lipinski definition) is 4. The van der Waals surface area contributed by atoms with Crippen molar-refractivity contribution in [2.24, 2.45) is 0 Å². The van der Waals surface area contributed by atoms with Gasteiger partial charge in [-0.05, 0) is 53.0 Å². The predicted octanol–water partition coefficient (Wildman–Crippen LogP) is 2.98. The summed E-state index contributed by atoms with van der Waals surface area (Å²) in [6.07, 6.45) is 2.20. The largest absolute Gasteiger partial charge is 0.493 e. The highest BCUT2D eigenvalue weighted by molar-refractivity contribution is 9.10. The van der Waals surface area contributed by atoms with E-state index in [2.05, 4.69) is 21.2 Å². The smallest absolute Gasteiger partial charge is 0.174 e. The van der Waals surface area contributed by atoms with Gasteiger partial charge < -0.3 is 19.5 Å². The number of hydrogen-bond donors (Lipinski definition) is 1. The molecule has 4 nitrogen and oxygen atoms in total. The van der Waals surface area contributed by atoms with Crippen LogP contribution in [0.1, 0.15) is 18.4 Å². The lowest BCUT2D eigenvalue weighted by atomic mass is 10.2. The molecule has 0 bridgehead atoms. The van der Waals surface area contributed by atoms with E-state index >= 15 is 0 Å². The van der Waals surface area contributed by atoms with Crippen LogP contribution in [0.4, 0.5) is 0 Å². The molecule has 1 N–H and O–H groups in total. The van der Waals surface area contributed by atoms with Crippen LogP contribution >= 0.6 is 15.9 Å². The van der Waals surface area contributed by atoms with Crippen molar-refractivity contribution in [3.05, 3.63) is 22.2 Å². The van der Waals surface area contributed by atoms with E-state index in [1.807, 2.05) is 12.1 Å². The van der Waals surface area contributed by atoms with Gasteiger partial charge in [-0.2, -0.15) is 0 Å². The molecule has 0 saturated heterocycles. The van der Waals surface area contributed by atoms with Crippen molar-refractivity contribution in [3.63, 3.8) is 0 Å². The van der Waals surface area contributed by atoms with E-state index in [0.717, 1.165) is 54.1 Å². The Morgan fingerprint density at radius 2 is 1.89 bits per heavy atom. The van der Waals surface area contributed by atoms with Crippen LogP contribution in [-0.2, 0) is 11.3 Å². The van der Waals surface area contributed by atoms with Crippen molar-refractivity contribution in [3.8, 4) is 11.5 Å². The van der Waals surface area contributed by atoms with Gasteiger partial charge in [-0.25, -0.2) is 0 Å². The number of methoxy groups -OCH3 is 3. The minimum absolute atomic E-state index is 0.728. The molecule has 0 amide bonds. The van der Waals surface area contributed by atoms with Crippen LogP contribution in [0.2, 0.25) is 0 Å². The van der Waals surface area contributed by atoms with E-state index in [0.29, 0.717) is 0 Å². The third-order valence-corrected chi connectivity index (χ3v) is 3.36. The van der Waals surface area contributed by atoms with Crippen LogP contribution in [0, 0.1) is 0 Å². The highest BCUT2D eigenvalue weighted by Crippen LogP contribution is 2.36. The molecule has 0 aromatic heterocycles. The summed E-state index contributed by atoms with van der Waals surface area (Å²) in [7, 11) is 5.01. The van der Waals surface area contributed by atoms with Crippen molar-refractivity contribution in [1.29, 1.82) is 0 Å². The maximum Gasteiger partial charge on any atom is 0.174 e. The maximum absolute atomic E-state index is 5.32. The van der Waals surface area contributed by atoms with Crippen LogP contribution in [0.15, 0.2) is 16.6 Å². The van der Waals surface area contributed by atoms with Gasteiger partial charge in [0.05, 0.1) is 18.7 Å². The fourth-order valence-corrected chi connectivity index (χ4v) is 2.45. The fraction of sp³-hybridized carbons (Fsp3) is 0.571. The van der Waals surface area contributed by atoms with Gasteiger partial charge in [0.15, 0.2) is 11.5 Å². The molecule has 0 unspecified atom stereocenters. The molecule has 0 radical (unpaired) electrons.